The number of aryl methyl sites for hydroxylation is 2. The number of likely N-dealkylation sites (N-methyl/N-ethyl adjacent to an activating group) is 1. The average molecular weight is 294 g/mol. The Morgan fingerprint density at radius 2 is 2.10 bits per heavy atom. The van der Waals surface area contributed by atoms with E-state index >= 15 is 0 Å². The normalized spacial score (nSPS) is 21.1. The summed E-state index contributed by atoms with van der Waals surface area (Å²) in [7, 11) is 0. The molecular formula is C15H22N2O4. The van der Waals surface area contributed by atoms with E-state index in [4.69, 9.17) is 9.52 Å². The molecule has 1 saturated carbocycles. The summed E-state index contributed by atoms with van der Waals surface area (Å²) in [5.41, 5.74) is 0.835. The minimum Gasteiger partial charge on any atom is -0.480 e. The zero-order chi connectivity index (χ0) is 15.6. The first-order chi connectivity index (χ1) is 9.90. The van der Waals surface area contributed by atoms with Crippen molar-refractivity contribution in [3.05, 3.63) is 23.2 Å². The van der Waals surface area contributed by atoms with E-state index in [1.807, 2.05) is 31.7 Å². The van der Waals surface area contributed by atoms with E-state index in [9.17, 15) is 9.59 Å². The quantitative estimate of drug-likeness (QED) is 0.832. The lowest BCUT2D eigenvalue weighted by Gasteiger charge is -2.42. The summed E-state index contributed by atoms with van der Waals surface area (Å²) >= 11 is 0. The number of aliphatic carboxylic acids is 1. The Bertz CT molecular complexity index is 532. The maximum Gasteiger partial charge on any atom is 0.317 e. The van der Waals surface area contributed by atoms with Gasteiger partial charge in [-0.1, -0.05) is 6.92 Å². The van der Waals surface area contributed by atoms with Crippen LogP contribution in [0.15, 0.2) is 10.5 Å². The Hall–Kier alpha value is -1.82. The predicted molar refractivity (Wildman–Crippen MR) is 77.3 cm³/mol. The summed E-state index contributed by atoms with van der Waals surface area (Å²) in [5.74, 6) is 0.0907. The number of hydrogen-bond donors (Lipinski definition) is 2. The van der Waals surface area contributed by atoms with E-state index in [1.54, 1.807) is 0 Å². The van der Waals surface area contributed by atoms with Crippen molar-refractivity contribution in [2.24, 2.45) is 0 Å². The van der Waals surface area contributed by atoms with Crippen LogP contribution in [0.3, 0.4) is 0 Å². The van der Waals surface area contributed by atoms with Gasteiger partial charge >= 0.3 is 5.97 Å². The molecule has 1 aliphatic carbocycles. The van der Waals surface area contributed by atoms with Gasteiger partial charge < -0.3 is 14.8 Å². The number of carbonyl (C=O) groups excluding carboxylic acids is 1. The van der Waals surface area contributed by atoms with E-state index in [2.05, 4.69) is 5.32 Å². The molecule has 1 aromatic heterocycles. The number of furan rings is 1. The van der Waals surface area contributed by atoms with Crippen molar-refractivity contribution in [2.45, 2.75) is 45.7 Å². The van der Waals surface area contributed by atoms with Gasteiger partial charge in [-0.25, -0.2) is 0 Å². The number of hydrogen-bond acceptors (Lipinski definition) is 4. The van der Waals surface area contributed by atoms with Crippen LogP contribution in [-0.2, 0) is 4.79 Å². The SMILES string of the molecule is CCN(CC(=O)O)C1CC(NC(=O)c2oc(C)cc2C)C1. The molecule has 116 valence electrons. The highest BCUT2D eigenvalue weighted by molar-refractivity contribution is 5.93. The average Bonchev–Trinajstić information content (AvgIpc) is 2.69. The van der Waals surface area contributed by atoms with Gasteiger partial charge in [0.25, 0.3) is 5.91 Å². The van der Waals surface area contributed by atoms with Gasteiger partial charge in [0.1, 0.15) is 5.76 Å². The molecule has 0 unspecified atom stereocenters. The molecule has 1 heterocycles. The van der Waals surface area contributed by atoms with Crippen LogP contribution < -0.4 is 5.32 Å². The molecule has 1 aromatic rings. The zero-order valence-corrected chi connectivity index (χ0v) is 12.7. The molecule has 0 atom stereocenters. The Balaban J connectivity index is 1.83. The first-order valence-corrected chi connectivity index (χ1v) is 7.24. The highest BCUT2D eigenvalue weighted by atomic mass is 16.4. The number of nitrogens with one attached hydrogen (secondary N) is 1. The fourth-order valence-corrected chi connectivity index (χ4v) is 2.79. The first-order valence-electron chi connectivity index (χ1n) is 7.24. The Labute approximate surface area is 124 Å². The molecule has 0 aromatic carbocycles. The Kier molecular flexibility index (Phi) is 4.67. The topological polar surface area (TPSA) is 82.8 Å². The maximum atomic E-state index is 12.1. The molecule has 1 amide bonds. The molecule has 6 nitrogen and oxygen atoms in total. The van der Waals surface area contributed by atoms with Gasteiger partial charge in [0.15, 0.2) is 5.76 Å². The number of nitrogens with zero attached hydrogens (tertiary/aromatic N) is 1. The number of rotatable bonds is 6. The first kappa shape index (κ1) is 15.6. The molecule has 0 aliphatic heterocycles. The summed E-state index contributed by atoms with van der Waals surface area (Å²) in [6, 6.07) is 2.16. The Morgan fingerprint density at radius 3 is 2.57 bits per heavy atom. The van der Waals surface area contributed by atoms with Crippen LogP contribution in [0.4, 0.5) is 0 Å². The van der Waals surface area contributed by atoms with E-state index in [0.717, 1.165) is 24.2 Å². The lowest BCUT2D eigenvalue weighted by Crippen LogP contribution is -2.54. The second kappa shape index (κ2) is 6.30. The van der Waals surface area contributed by atoms with Crippen molar-refractivity contribution in [2.75, 3.05) is 13.1 Å². The highest BCUT2D eigenvalue weighted by Gasteiger charge is 2.35. The standard InChI is InChI=1S/C15H22N2O4/c1-4-17(8-13(18)19)12-6-11(7-12)16-15(20)14-9(2)5-10(3)21-14/h5,11-12H,4,6-8H2,1-3H3,(H,16,20)(H,18,19). The molecule has 0 bridgehead atoms. The van der Waals surface area contributed by atoms with Crippen LogP contribution in [0.2, 0.25) is 0 Å². The van der Waals surface area contributed by atoms with Crippen LogP contribution in [0, 0.1) is 13.8 Å². The van der Waals surface area contributed by atoms with Gasteiger partial charge in [0, 0.05) is 17.6 Å². The third kappa shape index (κ3) is 3.64. The molecule has 0 saturated heterocycles. The van der Waals surface area contributed by atoms with Crippen molar-refractivity contribution in [3.63, 3.8) is 0 Å². The number of carboxylic acid groups (broad SMARTS) is 1. The van der Waals surface area contributed by atoms with Crippen molar-refractivity contribution in [3.8, 4) is 0 Å². The van der Waals surface area contributed by atoms with Gasteiger partial charge in [-0.3, -0.25) is 14.5 Å². The molecule has 21 heavy (non-hydrogen) atoms. The van der Waals surface area contributed by atoms with Crippen LogP contribution in [0.25, 0.3) is 0 Å². The second-order valence-corrected chi connectivity index (χ2v) is 5.62. The highest BCUT2D eigenvalue weighted by Crippen LogP contribution is 2.26. The molecule has 1 aliphatic rings. The van der Waals surface area contributed by atoms with Crippen LogP contribution in [0.1, 0.15) is 41.6 Å². The van der Waals surface area contributed by atoms with Crippen molar-refractivity contribution < 1.29 is 19.1 Å². The van der Waals surface area contributed by atoms with Gasteiger partial charge in [-0.15, -0.1) is 0 Å². The zero-order valence-electron chi connectivity index (χ0n) is 12.7. The van der Waals surface area contributed by atoms with Gasteiger partial charge in [-0.2, -0.15) is 0 Å². The van der Waals surface area contributed by atoms with E-state index in [-0.39, 0.29) is 24.5 Å². The van der Waals surface area contributed by atoms with Gasteiger partial charge in [0.2, 0.25) is 0 Å². The monoisotopic (exact) mass is 294 g/mol. The molecule has 2 rings (SSSR count). The number of carbonyl (C=O) groups is 2. The lowest BCUT2D eigenvalue weighted by atomic mass is 9.85. The summed E-state index contributed by atoms with van der Waals surface area (Å²) in [6.07, 6.45) is 1.57. The smallest absolute Gasteiger partial charge is 0.317 e. The van der Waals surface area contributed by atoms with Gasteiger partial charge in [0.05, 0.1) is 6.54 Å². The fraction of sp³-hybridized carbons (Fsp3) is 0.600. The van der Waals surface area contributed by atoms with Crippen molar-refractivity contribution in [1.29, 1.82) is 0 Å². The van der Waals surface area contributed by atoms with Gasteiger partial charge in [-0.05, 0) is 39.3 Å². The van der Waals surface area contributed by atoms with Crippen LogP contribution in [0.5, 0.6) is 0 Å². The summed E-state index contributed by atoms with van der Waals surface area (Å²) in [5, 5.41) is 11.8. The number of amides is 1. The van der Waals surface area contributed by atoms with E-state index < -0.39 is 5.97 Å². The predicted octanol–water partition coefficient (Wildman–Crippen LogP) is 1.56. The second-order valence-electron chi connectivity index (χ2n) is 5.62. The third-order valence-corrected chi connectivity index (χ3v) is 3.96. The minimum atomic E-state index is -0.814. The molecule has 2 N–H and O–H groups in total. The summed E-state index contributed by atoms with van der Waals surface area (Å²) < 4.78 is 5.39. The molecule has 6 heteroatoms. The van der Waals surface area contributed by atoms with Crippen molar-refractivity contribution >= 4 is 11.9 Å². The van der Waals surface area contributed by atoms with Crippen LogP contribution >= 0.6 is 0 Å². The number of carboxylic acids is 1. The van der Waals surface area contributed by atoms with E-state index in [1.165, 1.54) is 0 Å². The van der Waals surface area contributed by atoms with E-state index in [0.29, 0.717) is 12.3 Å². The fourth-order valence-electron chi connectivity index (χ4n) is 2.79. The Morgan fingerprint density at radius 1 is 1.43 bits per heavy atom. The molecular weight excluding hydrogens is 272 g/mol. The minimum absolute atomic E-state index is 0.0539. The largest absolute Gasteiger partial charge is 0.480 e. The lowest BCUT2D eigenvalue weighted by molar-refractivity contribution is -0.139. The van der Waals surface area contributed by atoms with Crippen LogP contribution in [-0.4, -0.2) is 47.1 Å². The summed E-state index contributed by atoms with van der Waals surface area (Å²) in [6.45, 7) is 6.37. The molecule has 0 radical (unpaired) electrons. The van der Waals surface area contributed by atoms with Crippen molar-refractivity contribution in [1.82, 2.24) is 10.2 Å². The maximum absolute atomic E-state index is 12.1. The summed E-state index contributed by atoms with van der Waals surface area (Å²) in [4.78, 5) is 24.8. The third-order valence-electron chi connectivity index (χ3n) is 3.96. The molecule has 1 fully saturated rings. The molecule has 0 spiro atoms.